The van der Waals surface area contributed by atoms with Crippen LogP contribution in [-0.2, 0) is 11.3 Å². The normalized spacial score (nSPS) is 18.0. The van der Waals surface area contributed by atoms with Gasteiger partial charge < -0.3 is 19.7 Å². The van der Waals surface area contributed by atoms with E-state index in [0.29, 0.717) is 18.4 Å². The first kappa shape index (κ1) is 18.6. The number of nitrogens with one attached hydrogen (secondary N) is 1. The quantitative estimate of drug-likeness (QED) is 0.616. The molecule has 0 bridgehead atoms. The van der Waals surface area contributed by atoms with Crippen LogP contribution >= 0.6 is 0 Å². The zero-order valence-corrected chi connectivity index (χ0v) is 15.4. The predicted octanol–water partition coefficient (Wildman–Crippen LogP) is 2.77. The van der Waals surface area contributed by atoms with E-state index in [2.05, 4.69) is 42.2 Å². The van der Waals surface area contributed by atoms with Gasteiger partial charge in [0.05, 0.1) is 13.2 Å². The van der Waals surface area contributed by atoms with Gasteiger partial charge in [-0.25, -0.2) is 0 Å². The minimum absolute atomic E-state index is 0.513. The largest absolute Gasteiger partial charge is 0.493 e. The average Bonchev–Trinajstić information content (AvgIpc) is 3.07. The first-order valence-corrected chi connectivity index (χ1v) is 8.80. The summed E-state index contributed by atoms with van der Waals surface area (Å²) in [5, 5.41) is 3.44. The fraction of sp³-hybridized carbons (Fsp3) is 0.632. The van der Waals surface area contributed by atoms with E-state index in [4.69, 9.17) is 9.47 Å². The number of hydrogen-bond donors (Lipinski definition) is 1. The number of rotatable bonds is 7. The smallest absolute Gasteiger partial charge is 0.193 e. The molecule has 1 fully saturated rings. The molecule has 0 radical (unpaired) electrons. The van der Waals surface area contributed by atoms with E-state index in [0.717, 1.165) is 50.1 Å². The van der Waals surface area contributed by atoms with Gasteiger partial charge in [-0.15, -0.1) is 0 Å². The number of para-hydroxylation sites is 1. The van der Waals surface area contributed by atoms with Crippen molar-refractivity contribution in [1.29, 1.82) is 0 Å². The molecule has 0 spiro atoms. The van der Waals surface area contributed by atoms with E-state index in [1.165, 1.54) is 0 Å². The Kier molecular flexibility index (Phi) is 7.37. The molecule has 1 aromatic carbocycles. The molecule has 1 aliphatic heterocycles. The van der Waals surface area contributed by atoms with Crippen molar-refractivity contribution in [1.82, 2.24) is 10.2 Å². The summed E-state index contributed by atoms with van der Waals surface area (Å²) in [5.74, 6) is 2.95. The Morgan fingerprint density at radius 1 is 1.42 bits per heavy atom. The number of benzene rings is 1. The van der Waals surface area contributed by atoms with Crippen molar-refractivity contribution >= 4 is 5.96 Å². The van der Waals surface area contributed by atoms with Crippen molar-refractivity contribution in [2.24, 2.45) is 16.8 Å². The van der Waals surface area contributed by atoms with Gasteiger partial charge in [-0.05, 0) is 18.4 Å². The first-order valence-electron chi connectivity index (χ1n) is 8.80. The number of aliphatic imine (C=N–C) groups is 1. The highest BCUT2D eigenvalue weighted by Gasteiger charge is 2.19. The maximum absolute atomic E-state index is 5.92. The van der Waals surface area contributed by atoms with Gasteiger partial charge in [-0.3, -0.25) is 4.99 Å². The molecule has 0 amide bonds. The second-order valence-corrected chi connectivity index (χ2v) is 6.82. The molecule has 1 aromatic rings. The third kappa shape index (κ3) is 5.71. The zero-order chi connectivity index (χ0) is 17.4. The summed E-state index contributed by atoms with van der Waals surface area (Å²) in [5.41, 5.74) is 1.15. The molecular formula is C19H31N3O2. The van der Waals surface area contributed by atoms with Gasteiger partial charge in [-0.1, -0.05) is 32.0 Å². The van der Waals surface area contributed by atoms with E-state index in [1.54, 1.807) is 0 Å². The van der Waals surface area contributed by atoms with Crippen molar-refractivity contribution in [3.05, 3.63) is 29.8 Å². The molecule has 1 unspecified atom stereocenters. The molecule has 5 heteroatoms. The maximum atomic E-state index is 5.92. The van der Waals surface area contributed by atoms with Gasteiger partial charge in [-0.2, -0.15) is 0 Å². The Morgan fingerprint density at radius 2 is 2.21 bits per heavy atom. The molecule has 1 heterocycles. The topological polar surface area (TPSA) is 46.1 Å². The average molecular weight is 333 g/mol. The van der Waals surface area contributed by atoms with Crippen LogP contribution in [0.1, 0.15) is 25.8 Å². The molecule has 0 aliphatic carbocycles. The zero-order valence-electron chi connectivity index (χ0n) is 15.4. The summed E-state index contributed by atoms with van der Waals surface area (Å²) < 4.78 is 11.4. The molecule has 1 atom stereocenters. The van der Waals surface area contributed by atoms with E-state index >= 15 is 0 Å². The third-order valence-electron chi connectivity index (χ3n) is 4.11. The van der Waals surface area contributed by atoms with E-state index in [1.807, 2.05) is 25.2 Å². The van der Waals surface area contributed by atoms with Crippen LogP contribution in [0.4, 0.5) is 0 Å². The fourth-order valence-electron chi connectivity index (χ4n) is 2.81. The highest BCUT2D eigenvalue weighted by atomic mass is 16.5. The molecule has 24 heavy (non-hydrogen) atoms. The lowest BCUT2D eigenvalue weighted by molar-refractivity contribution is 0.181. The monoisotopic (exact) mass is 333 g/mol. The summed E-state index contributed by atoms with van der Waals surface area (Å²) in [7, 11) is 3.90. The first-order chi connectivity index (χ1) is 11.6. The van der Waals surface area contributed by atoms with Crippen LogP contribution in [0.25, 0.3) is 0 Å². The molecule has 1 N–H and O–H groups in total. The molecule has 134 valence electrons. The lowest BCUT2D eigenvalue weighted by Crippen LogP contribution is -2.41. The number of hydrogen-bond acceptors (Lipinski definition) is 3. The molecule has 0 saturated carbocycles. The van der Waals surface area contributed by atoms with E-state index in [9.17, 15) is 0 Å². The number of nitrogens with zero attached hydrogens (tertiary/aromatic N) is 2. The second-order valence-electron chi connectivity index (χ2n) is 6.82. The van der Waals surface area contributed by atoms with Crippen LogP contribution in [0, 0.1) is 11.8 Å². The molecule has 0 aromatic heterocycles. The summed E-state index contributed by atoms with van der Waals surface area (Å²) in [4.78, 5) is 6.58. The van der Waals surface area contributed by atoms with Crippen LogP contribution in [0.2, 0.25) is 0 Å². The van der Waals surface area contributed by atoms with Crippen LogP contribution in [0.3, 0.4) is 0 Å². The van der Waals surface area contributed by atoms with Gasteiger partial charge in [0.15, 0.2) is 5.96 Å². The van der Waals surface area contributed by atoms with Crippen LogP contribution < -0.4 is 10.1 Å². The summed E-state index contributed by atoms with van der Waals surface area (Å²) in [6.07, 6.45) is 1.13. The number of guanidine groups is 1. The third-order valence-corrected chi connectivity index (χ3v) is 4.11. The van der Waals surface area contributed by atoms with Crippen molar-refractivity contribution in [3.8, 4) is 5.75 Å². The van der Waals surface area contributed by atoms with E-state index < -0.39 is 0 Å². The maximum Gasteiger partial charge on any atom is 0.193 e. The van der Waals surface area contributed by atoms with Gasteiger partial charge in [0.2, 0.25) is 0 Å². The molecule has 2 rings (SSSR count). The summed E-state index contributed by atoms with van der Waals surface area (Å²) >= 11 is 0. The second kappa shape index (κ2) is 9.52. The van der Waals surface area contributed by atoms with Gasteiger partial charge in [0.1, 0.15) is 5.75 Å². The summed E-state index contributed by atoms with van der Waals surface area (Å²) in [6, 6.07) is 8.18. The Labute approximate surface area is 146 Å². The fourth-order valence-corrected chi connectivity index (χ4v) is 2.81. The predicted molar refractivity (Wildman–Crippen MR) is 98.5 cm³/mol. The van der Waals surface area contributed by atoms with Crippen molar-refractivity contribution in [2.45, 2.75) is 26.8 Å². The highest BCUT2D eigenvalue weighted by Crippen LogP contribution is 2.19. The SMILES string of the molecule is CN=C(NCc1ccccc1OCC(C)C)N(C)CC1CCOC1. The summed E-state index contributed by atoms with van der Waals surface area (Å²) in [6.45, 7) is 8.44. The molecule has 5 nitrogen and oxygen atoms in total. The standard InChI is InChI=1S/C19H31N3O2/c1-15(2)13-24-18-8-6-5-7-17(18)11-21-19(20-3)22(4)12-16-9-10-23-14-16/h5-8,15-16H,9-14H2,1-4H3,(H,20,21). The van der Waals surface area contributed by atoms with Crippen LogP contribution in [0.5, 0.6) is 5.75 Å². The molecular weight excluding hydrogens is 302 g/mol. The minimum atomic E-state index is 0.513. The van der Waals surface area contributed by atoms with Gasteiger partial charge in [0, 0.05) is 45.3 Å². The minimum Gasteiger partial charge on any atom is -0.493 e. The lowest BCUT2D eigenvalue weighted by atomic mass is 10.1. The lowest BCUT2D eigenvalue weighted by Gasteiger charge is -2.25. The molecule has 1 saturated heterocycles. The van der Waals surface area contributed by atoms with Gasteiger partial charge >= 0.3 is 0 Å². The highest BCUT2D eigenvalue weighted by molar-refractivity contribution is 5.79. The van der Waals surface area contributed by atoms with E-state index in [-0.39, 0.29) is 0 Å². The van der Waals surface area contributed by atoms with Crippen LogP contribution in [-0.4, -0.2) is 51.3 Å². The van der Waals surface area contributed by atoms with Crippen molar-refractivity contribution < 1.29 is 9.47 Å². The Hall–Kier alpha value is -1.75. The Balaban J connectivity index is 1.90. The molecule has 1 aliphatic rings. The van der Waals surface area contributed by atoms with Crippen LogP contribution in [0.15, 0.2) is 29.3 Å². The Bertz CT molecular complexity index is 525. The van der Waals surface area contributed by atoms with Crippen molar-refractivity contribution in [2.75, 3.05) is 40.5 Å². The number of ether oxygens (including phenoxy) is 2. The van der Waals surface area contributed by atoms with Gasteiger partial charge in [0.25, 0.3) is 0 Å². The van der Waals surface area contributed by atoms with Crippen molar-refractivity contribution in [3.63, 3.8) is 0 Å². The Morgan fingerprint density at radius 3 is 2.88 bits per heavy atom.